The SMILES string of the molecule is CCc1ccc(S(=O)(=O)N2CCCn3nnc(CN4CCCCC4)c3C2)cc1. The largest absolute Gasteiger partial charge is 0.297 e. The quantitative estimate of drug-likeness (QED) is 0.767. The third-order valence-corrected chi connectivity index (χ3v) is 7.67. The molecule has 0 spiro atoms. The molecule has 0 unspecified atom stereocenters. The van der Waals surface area contributed by atoms with Gasteiger partial charge in [-0.05, 0) is 56.5 Å². The van der Waals surface area contributed by atoms with Gasteiger partial charge in [0.05, 0.1) is 17.1 Å². The highest BCUT2D eigenvalue weighted by Crippen LogP contribution is 2.24. The number of aromatic nitrogens is 3. The maximum Gasteiger partial charge on any atom is 0.243 e. The van der Waals surface area contributed by atoms with E-state index in [9.17, 15) is 8.42 Å². The summed E-state index contributed by atoms with van der Waals surface area (Å²) in [6.45, 7) is 6.54. The van der Waals surface area contributed by atoms with Gasteiger partial charge in [-0.15, -0.1) is 5.10 Å². The summed E-state index contributed by atoms with van der Waals surface area (Å²) in [5.74, 6) is 0. The monoisotopic (exact) mass is 403 g/mol. The topological polar surface area (TPSA) is 71.3 Å². The van der Waals surface area contributed by atoms with Crippen LogP contribution in [0.15, 0.2) is 29.2 Å². The Labute approximate surface area is 167 Å². The summed E-state index contributed by atoms with van der Waals surface area (Å²) in [6.07, 6.45) is 5.37. The predicted octanol–water partition coefficient (Wildman–Crippen LogP) is 2.42. The molecule has 0 atom stereocenters. The van der Waals surface area contributed by atoms with Crippen molar-refractivity contribution in [3.63, 3.8) is 0 Å². The summed E-state index contributed by atoms with van der Waals surface area (Å²) >= 11 is 0. The summed E-state index contributed by atoms with van der Waals surface area (Å²) in [6, 6.07) is 7.25. The molecule has 3 heterocycles. The highest BCUT2D eigenvalue weighted by Gasteiger charge is 2.30. The number of sulfonamides is 1. The summed E-state index contributed by atoms with van der Waals surface area (Å²) in [4.78, 5) is 2.77. The number of nitrogens with zero attached hydrogens (tertiary/aromatic N) is 5. The first-order chi connectivity index (χ1) is 13.6. The highest BCUT2D eigenvalue weighted by atomic mass is 32.2. The Hall–Kier alpha value is -1.77. The number of rotatable bonds is 5. The van der Waals surface area contributed by atoms with Crippen molar-refractivity contribution in [2.45, 2.75) is 63.6 Å². The maximum absolute atomic E-state index is 13.2. The van der Waals surface area contributed by atoms with Crippen LogP contribution in [0.25, 0.3) is 0 Å². The number of fused-ring (bicyclic) bond motifs is 1. The minimum absolute atomic E-state index is 0.341. The van der Waals surface area contributed by atoms with Crippen LogP contribution < -0.4 is 0 Å². The molecule has 0 N–H and O–H groups in total. The fraction of sp³-hybridized carbons (Fsp3) is 0.600. The zero-order chi connectivity index (χ0) is 19.6. The first kappa shape index (κ1) is 19.5. The van der Waals surface area contributed by atoms with Gasteiger partial charge in [-0.2, -0.15) is 4.31 Å². The average Bonchev–Trinajstić information content (AvgIpc) is 2.96. The third kappa shape index (κ3) is 3.99. The first-order valence-electron chi connectivity index (χ1n) is 10.3. The molecule has 1 aromatic carbocycles. The van der Waals surface area contributed by atoms with Gasteiger partial charge in [0.2, 0.25) is 10.0 Å². The molecule has 0 bridgehead atoms. The van der Waals surface area contributed by atoms with Gasteiger partial charge in [-0.3, -0.25) is 4.90 Å². The molecule has 1 saturated heterocycles. The lowest BCUT2D eigenvalue weighted by atomic mass is 10.1. The molecule has 0 aliphatic carbocycles. The second kappa shape index (κ2) is 8.31. The normalized spacial score (nSPS) is 19.3. The number of piperidine rings is 1. The minimum atomic E-state index is -3.53. The van der Waals surface area contributed by atoms with E-state index in [-0.39, 0.29) is 0 Å². The van der Waals surface area contributed by atoms with Gasteiger partial charge in [0, 0.05) is 19.6 Å². The zero-order valence-electron chi connectivity index (χ0n) is 16.5. The molecule has 1 fully saturated rings. The van der Waals surface area contributed by atoms with Crippen molar-refractivity contribution in [1.82, 2.24) is 24.2 Å². The third-order valence-electron chi connectivity index (χ3n) is 5.81. The number of hydrogen-bond acceptors (Lipinski definition) is 5. The molecule has 1 aromatic heterocycles. The fourth-order valence-corrected chi connectivity index (χ4v) is 5.51. The molecule has 0 amide bonds. The molecule has 7 nitrogen and oxygen atoms in total. The van der Waals surface area contributed by atoms with Gasteiger partial charge in [0.15, 0.2) is 0 Å². The zero-order valence-corrected chi connectivity index (χ0v) is 17.4. The first-order valence-corrected chi connectivity index (χ1v) is 11.7. The molecule has 28 heavy (non-hydrogen) atoms. The second-order valence-corrected chi connectivity index (χ2v) is 9.67. The Morgan fingerprint density at radius 1 is 0.964 bits per heavy atom. The van der Waals surface area contributed by atoms with Crippen LogP contribution in [0.2, 0.25) is 0 Å². The second-order valence-electron chi connectivity index (χ2n) is 7.73. The standard InChI is InChI=1S/C20H29N5O2S/c1-2-17-7-9-18(10-8-17)28(26,27)24-13-6-14-25-20(16-24)19(21-22-25)15-23-11-4-3-5-12-23/h7-10H,2-6,11-16H2,1H3. The van der Waals surface area contributed by atoms with Gasteiger partial charge in [0.25, 0.3) is 0 Å². The van der Waals surface area contributed by atoms with Crippen LogP contribution in [0.3, 0.4) is 0 Å². The minimum Gasteiger partial charge on any atom is -0.297 e. The Morgan fingerprint density at radius 3 is 2.43 bits per heavy atom. The van der Waals surface area contributed by atoms with Crippen LogP contribution in [0.4, 0.5) is 0 Å². The maximum atomic E-state index is 13.2. The number of benzene rings is 1. The Bertz CT molecular complexity index is 901. The van der Waals surface area contributed by atoms with Crippen LogP contribution in [0.5, 0.6) is 0 Å². The number of aryl methyl sites for hydroxylation is 2. The summed E-state index contributed by atoms with van der Waals surface area (Å²) < 4.78 is 30.0. The van der Waals surface area contributed by atoms with E-state index < -0.39 is 10.0 Å². The van der Waals surface area contributed by atoms with E-state index >= 15 is 0 Å². The van der Waals surface area contributed by atoms with E-state index in [1.165, 1.54) is 19.3 Å². The molecule has 2 aliphatic heterocycles. The molecular formula is C20H29N5O2S. The van der Waals surface area contributed by atoms with Gasteiger partial charge in [0.1, 0.15) is 5.69 Å². The number of likely N-dealkylation sites (tertiary alicyclic amines) is 1. The van der Waals surface area contributed by atoms with Gasteiger partial charge in [-0.25, -0.2) is 13.1 Å². The molecular weight excluding hydrogens is 374 g/mol. The molecule has 0 radical (unpaired) electrons. The molecule has 0 saturated carbocycles. The van der Waals surface area contributed by atoms with E-state index in [0.29, 0.717) is 24.5 Å². The molecule has 152 valence electrons. The lowest BCUT2D eigenvalue weighted by molar-refractivity contribution is 0.217. The Morgan fingerprint density at radius 2 is 1.71 bits per heavy atom. The summed E-state index contributed by atoms with van der Waals surface area (Å²) in [7, 11) is -3.53. The highest BCUT2D eigenvalue weighted by molar-refractivity contribution is 7.89. The van der Waals surface area contributed by atoms with Crippen LogP contribution in [0.1, 0.15) is 49.6 Å². The van der Waals surface area contributed by atoms with Crippen molar-refractivity contribution in [2.75, 3.05) is 19.6 Å². The van der Waals surface area contributed by atoms with Crippen LogP contribution in [-0.4, -0.2) is 52.3 Å². The van der Waals surface area contributed by atoms with Crippen molar-refractivity contribution in [1.29, 1.82) is 0 Å². The van der Waals surface area contributed by atoms with Crippen molar-refractivity contribution in [3.8, 4) is 0 Å². The van der Waals surface area contributed by atoms with Crippen molar-refractivity contribution in [3.05, 3.63) is 41.2 Å². The Kier molecular flexibility index (Phi) is 5.80. The van der Waals surface area contributed by atoms with Crippen molar-refractivity contribution in [2.24, 2.45) is 0 Å². The average molecular weight is 404 g/mol. The van der Waals surface area contributed by atoms with Crippen LogP contribution in [-0.2, 0) is 36.1 Å². The van der Waals surface area contributed by atoms with Crippen molar-refractivity contribution < 1.29 is 8.42 Å². The summed E-state index contributed by atoms with van der Waals surface area (Å²) in [5.41, 5.74) is 3.00. The molecule has 2 aromatic rings. The number of hydrogen-bond donors (Lipinski definition) is 0. The molecule has 2 aliphatic rings. The fourth-order valence-electron chi connectivity index (χ4n) is 4.07. The smallest absolute Gasteiger partial charge is 0.243 e. The van der Waals surface area contributed by atoms with E-state index in [0.717, 1.165) is 49.4 Å². The van der Waals surface area contributed by atoms with Crippen molar-refractivity contribution >= 4 is 10.0 Å². The molecule has 8 heteroatoms. The lowest BCUT2D eigenvalue weighted by Gasteiger charge is -2.26. The van der Waals surface area contributed by atoms with E-state index in [1.54, 1.807) is 16.4 Å². The summed E-state index contributed by atoms with van der Waals surface area (Å²) in [5, 5.41) is 8.71. The van der Waals surface area contributed by atoms with Crippen LogP contribution in [0, 0.1) is 0 Å². The lowest BCUT2D eigenvalue weighted by Crippen LogP contribution is -2.32. The van der Waals surface area contributed by atoms with Gasteiger partial charge < -0.3 is 0 Å². The van der Waals surface area contributed by atoms with E-state index in [4.69, 9.17) is 0 Å². The predicted molar refractivity (Wildman–Crippen MR) is 107 cm³/mol. The Balaban J connectivity index is 1.57. The van der Waals surface area contributed by atoms with Gasteiger partial charge in [-0.1, -0.05) is 30.7 Å². The van der Waals surface area contributed by atoms with E-state index in [1.807, 2.05) is 16.8 Å². The van der Waals surface area contributed by atoms with Gasteiger partial charge >= 0.3 is 0 Å². The van der Waals surface area contributed by atoms with E-state index in [2.05, 4.69) is 22.1 Å². The van der Waals surface area contributed by atoms with Crippen LogP contribution >= 0.6 is 0 Å². The molecule has 4 rings (SSSR count).